The molecule has 0 atom stereocenters. The first-order valence-electron chi connectivity index (χ1n) is 3.81. The summed E-state index contributed by atoms with van der Waals surface area (Å²) < 4.78 is 5.21. The summed E-state index contributed by atoms with van der Waals surface area (Å²) in [5.74, 6) is 0. The molecule has 0 aliphatic heterocycles. The highest BCUT2D eigenvalue weighted by atomic mass is 32.1. The van der Waals surface area contributed by atoms with Crippen LogP contribution in [0.4, 0.5) is 0 Å². The van der Waals surface area contributed by atoms with E-state index in [0.717, 1.165) is 25.3 Å². The molecule has 0 spiro atoms. The number of nitrogens with zero attached hydrogens (tertiary/aromatic N) is 1. The Bertz CT molecular complexity index is 210. The summed E-state index contributed by atoms with van der Waals surface area (Å²) in [6.07, 6.45) is 0.951. The third-order valence-electron chi connectivity index (χ3n) is 1.33. The Kier molecular flexibility index (Phi) is 3.52. The Morgan fingerprint density at radius 2 is 2.45 bits per heavy atom. The molecule has 1 aromatic rings. The number of ether oxygens (including phenoxy) is 1. The summed E-state index contributed by atoms with van der Waals surface area (Å²) in [6.45, 7) is 5.61. The van der Waals surface area contributed by atoms with Gasteiger partial charge in [0.15, 0.2) is 0 Å². The minimum absolute atomic E-state index is 0.795. The fourth-order valence-electron chi connectivity index (χ4n) is 0.821. The fraction of sp³-hybridized carbons (Fsp3) is 0.625. The van der Waals surface area contributed by atoms with Crippen molar-refractivity contribution in [1.82, 2.24) is 4.98 Å². The maximum atomic E-state index is 5.21. The van der Waals surface area contributed by atoms with Gasteiger partial charge in [0.1, 0.15) is 0 Å². The van der Waals surface area contributed by atoms with Crippen LogP contribution in [0.2, 0.25) is 0 Å². The van der Waals surface area contributed by atoms with Crippen LogP contribution in [0, 0.1) is 6.92 Å². The summed E-state index contributed by atoms with van der Waals surface area (Å²) in [4.78, 5) is 4.32. The Balaban J connectivity index is 2.27. The van der Waals surface area contributed by atoms with Crippen molar-refractivity contribution in [3.05, 3.63) is 16.1 Å². The summed E-state index contributed by atoms with van der Waals surface area (Å²) in [7, 11) is 0. The quantitative estimate of drug-likeness (QED) is 0.647. The van der Waals surface area contributed by atoms with E-state index in [9.17, 15) is 0 Å². The molecule has 0 amide bonds. The van der Waals surface area contributed by atoms with Crippen molar-refractivity contribution in [3.63, 3.8) is 0 Å². The van der Waals surface area contributed by atoms with Crippen LogP contribution in [0.25, 0.3) is 0 Å². The monoisotopic (exact) mass is 171 g/mol. The minimum Gasteiger partial charge on any atom is -0.381 e. The van der Waals surface area contributed by atoms with Crippen molar-refractivity contribution < 1.29 is 4.74 Å². The number of hydrogen-bond acceptors (Lipinski definition) is 3. The minimum atomic E-state index is 0.795. The summed E-state index contributed by atoms with van der Waals surface area (Å²) in [5.41, 5.74) is 1.11. The van der Waals surface area contributed by atoms with E-state index in [1.54, 1.807) is 11.3 Å². The molecule has 1 heterocycles. The highest BCUT2D eigenvalue weighted by Crippen LogP contribution is 2.08. The van der Waals surface area contributed by atoms with Gasteiger partial charge >= 0.3 is 0 Å². The van der Waals surface area contributed by atoms with Crippen LogP contribution in [-0.4, -0.2) is 18.2 Å². The van der Waals surface area contributed by atoms with E-state index >= 15 is 0 Å². The highest BCUT2D eigenvalue weighted by Gasteiger charge is 1.96. The van der Waals surface area contributed by atoms with Crippen molar-refractivity contribution >= 4 is 11.3 Å². The molecule has 62 valence electrons. The van der Waals surface area contributed by atoms with Gasteiger partial charge in [-0.2, -0.15) is 0 Å². The first-order chi connectivity index (χ1) is 5.33. The van der Waals surface area contributed by atoms with Crippen molar-refractivity contribution in [2.75, 3.05) is 13.2 Å². The van der Waals surface area contributed by atoms with Gasteiger partial charge in [-0.25, -0.2) is 4.98 Å². The van der Waals surface area contributed by atoms with Crippen molar-refractivity contribution in [2.45, 2.75) is 20.3 Å². The lowest BCUT2D eigenvalue weighted by molar-refractivity contribution is 0.151. The normalized spacial score (nSPS) is 10.4. The van der Waals surface area contributed by atoms with Gasteiger partial charge in [0.25, 0.3) is 0 Å². The fourth-order valence-corrected chi connectivity index (χ4v) is 1.58. The van der Waals surface area contributed by atoms with Gasteiger partial charge in [0, 0.05) is 24.1 Å². The molecule has 0 saturated carbocycles. The van der Waals surface area contributed by atoms with Crippen LogP contribution >= 0.6 is 11.3 Å². The number of thiazole rings is 1. The second-order valence-corrected chi connectivity index (χ2v) is 3.27. The predicted octanol–water partition coefficient (Wildman–Crippen LogP) is 2.03. The van der Waals surface area contributed by atoms with E-state index in [4.69, 9.17) is 4.74 Å². The average molecular weight is 171 g/mol. The second-order valence-electron chi connectivity index (χ2n) is 2.33. The number of rotatable bonds is 4. The van der Waals surface area contributed by atoms with Gasteiger partial charge in [-0.3, -0.25) is 0 Å². The van der Waals surface area contributed by atoms with Crippen LogP contribution in [-0.2, 0) is 11.2 Å². The Morgan fingerprint density at radius 1 is 1.64 bits per heavy atom. The van der Waals surface area contributed by atoms with Gasteiger partial charge in [-0.1, -0.05) is 0 Å². The van der Waals surface area contributed by atoms with E-state index < -0.39 is 0 Å². The molecule has 1 aromatic heterocycles. The SMILES string of the molecule is CCOCCc1nc(C)cs1. The largest absolute Gasteiger partial charge is 0.381 e. The molecule has 1 rings (SSSR count). The predicted molar refractivity (Wildman–Crippen MR) is 47.0 cm³/mol. The first-order valence-corrected chi connectivity index (χ1v) is 4.69. The molecule has 0 aromatic carbocycles. The lowest BCUT2D eigenvalue weighted by Gasteiger charge is -1.96. The molecule has 0 N–H and O–H groups in total. The molecule has 0 fully saturated rings. The highest BCUT2D eigenvalue weighted by molar-refractivity contribution is 7.09. The summed E-state index contributed by atoms with van der Waals surface area (Å²) in [5, 5.41) is 3.25. The maximum absolute atomic E-state index is 5.21. The molecule has 0 bridgehead atoms. The number of aryl methyl sites for hydroxylation is 1. The molecule has 0 saturated heterocycles. The second kappa shape index (κ2) is 4.46. The zero-order valence-corrected chi connectivity index (χ0v) is 7.78. The summed E-state index contributed by atoms with van der Waals surface area (Å²) in [6, 6.07) is 0. The van der Waals surface area contributed by atoms with Gasteiger partial charge in [-0.15, -0.1) is 11.3 Å². The van der Waals surface area contributed by atoms with Crippen molar-refractivity contribution in [1.29, 1.82) is 0 Å². The number of hydrogen-bond donors (Lipinski definition) is 0. The van der Waals surface area contributed by atoms with Crippen LogP contribution < -0.4 is 0 Å². The Hall–Kier alpha value is -0.410. The molecule has 0 aliphatic rings. The van der Waals surface area contributed by atoms with Crippen LogP contribution in [0.3, 0.4) is 0 Å². The topological polar surface area (TPSA) is 22.1 Å². The van der Waals surface area contributed by atoms with Crippen LogP contribution in [0.5, 0.6) is 0 Å². The molecular formula is C8H13NOS. The van der Waals surface area contributed by atoms with E-state index in [0.29, 0.717) is 0 Å². The van der Waals surface area contributed by atoms with E-state index in [2.05, 4.69) is 10.4 Å². The third-order valence-corrected chi connectivity index (χ3v) is 2.36. The zero-order chi connectivity index (χ0) is 8.10. The Labute approximate surface area is 71.2 Å². The smallest absolute Gasteiger partial charge is 0.0951 e. The molecule has 0 radical (unpaired) electrons. The Morgan fingerprint density at radius 3 is 3.00 bits per heavy atom. The van der Waals surface area contributed by atoms with Crippen molar-refractivity contribution in [2.24, 2.45) is 0 Å². The molecular weight excluding hydrogens is 158 g/mol. The number of aromatic nitrogens is 1. The molecule has 11 heavy (non-hydrogen) atoms. The van der Waals surface area contributed by atoms with E-state index in [-0.39, 0.29) is 0 Å². The average Bonchev–Trinajstić information content (AvgIpc) is 2.37. The van der Waals surface area contributed by atoms with Gasteiger partial charge < -0.3 is 4.74 Å². The molecule has 3 heteroatoms. The maximum Gasteiger partial charge on any atom is 0.0951 e. The van der Waals surface area contributed by atoms with E-state index in [1.807, 2.05) is 13.8 Å². The molecule has 0 aliphatic carbocycles. The zero-order valence-electron chi connectivity index (χ0n) is 6.96. The van der Waals surface area contributed by atoms with Gasteiger partial charge in [0.05, 0.1) is 11.6 Å². The van der Waals surface area contributed by atoms with Gasteiger partial charge in [-0.05, 0) is 13.8 Å². The van der Waals surface area contributed by atoms with Gasteiger partial charge in [0.2, 0.25) is 0 Å². The van der Waals surface area contributed by atoms with Crippen molar-refractivity contribution in [3.8, 4) is 0 Å². The van der Waals surface area contributed by atoms with Crippen LogP contribution in [0.15, 0.2) is 5.38 Å². The van der Waals surface area contributed by atoms with E-state index in [1.165, 1.54) is 5.01 Å². The van der Waals surface area contributed by atoms with Crippen LogP contribution in [0.1, 0.15) is 17.6 Å². The third kappa shape index (κ3) is 2.99. The molecule has 0 unspecified atom stereocenters. The lowest BCUT2D eigenvalue weighted by atomic mass is 10.5. The lowest BCUT2D eigenvalue weighted by Crippen LogP contribution is -1.97. The standard InChI is InChI=1S/C8H13NOS/c1-3-10-5-4-8-9-7(2)6-11-8/h6H,3-5H2,1-2H3. The first kappa shape index (κ1) is 8.68. The molecule has 2 nitrogen and oxygen atoms in total. The summed E-state index contributed by atoms with van der Waals surface area (Å²) >= 11 is 1.71.